The number of ether oxygens (including phenoxy) is 1. The Balaban J connectivity index is 1.50. The summed E-state index contributed by atoms with van der Waals surface area (Å²) >= 11 is 0. The first kappa shape index (κ1) is 17.2. The van der Waals surface area contributed by atoms with Crippen LogP contribution in [0.5, 0.6) is 5.75 Å². The number of aromatic nitrogens is 2. The summed E-state index contributed by atoms with van der Waals surface area (Å²) in [5.74, 6) is 1.38. The van der Waals surface area contributed by atoms with Crippen LogP contribution in [0.4, 0.5) is 11.6 Å². The topological polar surface area (TPSA) is 70.6 Å². The molecule has 1 fully saturated rings. The minimum absolute atomic E-state index is 0.0375. The lowest BCUT2D eigenvalue weighted by Gasteiger charge is -2.34. The van der Waals surface area contributed by atoms with Crippen LogP contribution in [-0.4, -0.2) is 60.6 Å². The molecule has 1 N–H and O–H groups in total. The number of methoxy groups -OCH3 is 1. The monoisotopic (exact) mass is 341 g/mol. The van der Waals surface area contributed by atoms with E-state index in [1.54, 1.807) is 7.11 Å². The lowest BCUT2D eigenvalue weighted by atomic mass is 10.2. The van der Waals surface area contributed by atoms with Crippen molar-refractivity contribution in [1.82, 2.24) is 14.9 Å². The molecule has 0 spiro atoms. The molecule has 1 aromatic heterocycles. The Morgan fingerprint density at radius 3 is 2.52 bits per heavy atom. The largest absolute Gasteiger partial charge is 0.495 e. The van der Waals surface area contributed by atoms with Crippen LogP contribution in [-0.2, 0) is 4.79 Å². The second-order valence-electron chi connectivity index (χ2n) is 6.07. The number of amides is 1. The van der Waals surface area contributed by atoms with Crippen molar-refractivity contribution in [3.63, 3.8) is 0 Å². The van der Waals surface area contributed by atoms with Gasteiger partial charge in [0.15, 0.2) is 0 Å². The second kappa shape index (κ2) is 7.94. The molecule has 132 valence electrons. The highest BCUT2D eigenvalue weighted by Crippen LogP contribution is 2.22. The Bertz CT molecular complexity index is 712. The Morgan fingerprint density at radius 1 is 1.16 bits per heavy atom. The van der Waals surface area contributed by atoms with Gasteiger partial charge in [0.25, 0.3) is 0 Å². The maximum Gasteiger partial charge on any atom is 0.238 e. The van der Waals surface area contributed by atoms with Gasteiger partial charge < -0.3 is 15.0 Å². The van der Waals surface area contributed by atoms with Crippen LogP contribution in [0.1, 0.15) is 5.56 Å². The Hall–Kier alpha value is -2.67. The molecule has 1 saturated heterocycles. The molecule has 2 heterocycles. The molecule has 0 bridgehead atoms. The van der Waals surface area contributed by atoms with E-state index >= 15 is 0 Å². The van der Waals surface area contributed by atoms with Crippen molar-refractivity contribution in [2.75, 3.05) is 50.1 Å². The third-order valence-corrected chi connectivity index (χ3v) is 4.17. The molecule has 0 radical (unpaired) electrons. The highest BCUT2D eigenvalue weighted by Gasteiger charge is 2.20. The predicted molar refractivity (Wildman–Crippen MR) is 97.0 cm³/mol. The van der Waals surface area contributed by atoms with E-state index in [1.807, 2.05) is 43.6 Å². The van der Waals surface area contributed by atoms with Gasteiger partial charge in [-0.2, -0.15) is 0 Å². The fourth-order valence-electron chi connectivity index (χ4n) is 2.80. The van der Waals surface area contributed by atoms with E-state index in [-0.39, 0.29) is 5.91 Å². The molecule has 1 aliphatic rings. The lowest BCUT2D eigenvalue weighted by molar-refractivity contribution is -0.117. The smallest absolute Gasteiger partial charge is 0.238 e. The summed E-state index contributed by atoms with van der Waals surface area (Å²) in [5.41, 5.74) is 1.75. The van der Waals surface area contributed by atoms with Crippen LogP contribution in [0, 0.1) is 6.92 Å². The number of carbonyl (C=O) groups excluding carboxylic acids is 1. The molecule has 1 amide bonds. The first-order valence-electron chi connectivity index (χ1n) is 8.34. The molecule has 25 heavy (non-hydrogen) atoms. The van der Waals surface area contributed by atoms with E-state index in [2.05, 4.69) is 25.1 Å². The van der Waals surface area contributed by atoms with Gasteiger partial charge in [-0.3, -0.25) is 9.69 Å². The number of rotatable bonds is 5. The van der Waals surface area contributed by atoms with Gasteiger partial charge in [-0.05, 0) is 24.6 Å². The van der Waals surface area contributed by atoms with E-state index in [0.29, 0.717) is 18.0 Å². The minimum Gasteiger partial charge on any atom is -0.495 e. The van der Waals surface area contributed by atoms with Crippen molar-refractivity contribution in [2.45, 2.75) is 6.92 Å². The number of hydrogen-bond donors (Lipinski definition) is 1. The van der Waals surface area contributed by atoms with Crippen LogP contribution in [0.15, 0.2) is 36.7 Å². The number of aryl methyl sites for hydroxylation is 1. The summed E-state index contributed by atoms with van der Waals surface area (Å²) in [6.45, 7) is 5.56. The number of carbonyl (C=O) groups is 1. The molecule has 7 heteroatoms. The van der Waals surface area contributed by atoms with Crippen LogP contribution in [0.25, 0.3) is 0 Å². The SMILES string of the molecule is COc1ccccc1NC(=O)CN1CCN(c2ncc(C)cn2)CC1. The summed E-state index contributed by atoms with van der Waals surface area (Å²) in [4.78, 5) is 25.3. The quantitative estimate of drug-likeness (QED) is 0.890. The van der Waals surface area contributed by atoms with E-state index in [9.17, 15) is 4.79 Å². The van der Waals surface area contributed by atoms with Gasteiger partial charge >= 0.3 is 0 Å². The average molecular weight is 341 g/mol. The van der Waals surface area contributed by atoms with E-state index in [0.717, 1.165) is 37.7 Å². The zero-order chi connectivity index (χ0) is 17.6. The number of para-hydroxylation sites is 2. The zero-order valence-corrected chi connectivity index (χ0v) is 14.6. The molecule has 7 nitrogen and oxygen atoms in total. The zero-order valence-electron chi connectivity index (χ0n) is 14.6. The van der Waals surface area contributed by atoms with E-state index in [1.165, 1.54) is 0 Å². The molecule has 0 aliphatic carbocycles. The number of nitrogens with zero attached hydrogens (tertiary/aromatic N) is 4. The standard InChI is InChI=1S/C18H23N5O2/c1-14-11-19-18(20-12-14)23-9-7-22(8-10-23)13-17(24)21-15-5-3-4-6-16(15)25-2/h3-6,11-12H,7-10,13H2,1-2H3,(H,21,24). The van der Waals surface area contributed by atoms with Crippen molar-refractivity contribution >= 4 is 17.5 Å². The van der Waals surface area contributed by atoms with Gasteiger partial charge in [-0.15, -0.1) is 0 Å². The van der Waals surface area contributed by atoms with Crippen molar-refractivity contribution in [2.24, 2.45) is 0 Å². The summed E-state index contributed by atoms with van der Waals surface area (Å²) in [6, 6.07) is 7.42. The highest BCUT2D eigenvalue weighted by atomic mass is 16.5. The van der Waals surface area contributed by atoms with Gasteiger partial charge in [0.05, 0.1) is 19.3 Å². The first-order chi connectivity index (χ1) is 12.2. The average Bonchev–Trinajstić information content (AvgIpc) is 2.63. The molecular weight excluding hydrogens is 318 g/mol. The molecule has 1 aromatic carbocycles. The van der Waals surface area contributed by atoms with E-state index in [4.69, 9.17) is 4.74 Å². The highest BCUT2D eigenvalue weighted by molar-refractivity contribution is 5.93. The van der Waals surface area contributed by atoms with Crippen LogP contribution in [0.2, 0.25) is 0 Å². The van der Waals surface area contributed by atoms with Gasteiger partial charge in [-0.25, -0.2) is 9.97 Å². The Kier molecular flexibility index (Phi) is 5.45. The summed E-state index contributed by atoms with van der Waals surface area (Å²) < 4.78 is 5.26. The van der Waals surface area contributed by atoms with Crippen LogP contribution >= 0.6 is 0 Å². The van der Waals surface area contributed by atoms with Gasteiger partial charge in [0.1, 0.15) is 5.75 Å². The Morgan fingerprint density at radius 2 is 1.84 bits per heavy atom. The normalized spacial score (nSPS) is 15.0. The maximum absolute atomic E-state index is 12.3. The van der Waals surface area contributed by atoms with E-state index < -0.39 is 0 Å². The molecular formula is C18H23N5O2. The molecule has 0 unspecified atom stereocenters. The number of anilines is 2. The molecule has 0 atom stereocenters. The fourth-order valence-corrected chi connectivity index (χ4v) is 2.80. The maximum atomic E-state index is 12.3. The number of piperazine rings is 1. The van der Waals surface area contributed by atoms with Crippen LogP contribution in [0.3, 0.4) is 0 Å². The van der Waals surface area contributed by atoms with Crippen LogP contribution < -0.4 is 15.0 Å². The third kappa shape index (κ3) is 4.45. The summed E-state index contributed by atoms with van der Waals surface area (Å²) in [5, 5.41) is 2.91. The molecule has 3 rings (SSSR count). The number of hydrogen-bond acceptors (Lipinski definition) is 6. The Labute approximate surface area is 147 Å². The molecule has 1 aliphatic heterocycles. The number of benzene rings is 1. The second-order valence-corrected chi connectivity index (χ2v) is 6.07. The fraction of sp³-hybridized carbons (Fsp3) is 0.389. The lowest BCUT2D eigenvalue weighted by Crippen LogP contribution is -2.49. The van der Waals surface area contributed by atoms with Gasteiger partial charge in [0.2, 0.25) is 11.9 Å². The minimum atomic E-state index is -0.0375. The number of nitrogens with one attached hydrogen (secondary N) is 1. The van der Waals surface area contributed by atoms with Gasteiger partial charge in [-0.1, -0.05) is 12.1 Å². The van der Waals surface area contributed by atoms with Crippen molar-refractivity contribution < 1.29 is 9.53 Å². The van der Waals surface area contributed by atoms with Crippen molar-refractivity contribution in [3.8, 4) is 5.75 Å². The summed E-state index contributed by atoms with van der Waals surface area (Å²) in [6.07, 6.45) is 3.66. The van der Waals surface area contributed by atoms with Crippen molar-refractivity contribution in [3.05, 3.63) is 42.2 Å². The van der Waals surface area contributed by atoms with Gasteiger partial charge in [0, 0.05) is 38.6 Å². The summed E-state index contributed by atoms with van der Waals surface area (Å²) in [7, 11) is 1.59. The van der Waals surface area contributed by atoms with Crippen molar-refractivity contribution in [1.29, 1.82) is 0 Å². The molecule has 2 aromatic rings. The predicted octanol–water partition coefficient (Wildman–Crippen LogP) is 1.55. The molecule has 0 saturated carbocycles. The third-order valence-electron chi connectivity index (χ3n) is 4.17. The first-order valence-corrected chi connectivity index (χ1v) is 8.34.